The van der Waals surface area contributed by atoms with E-state index in [4.69, 9.17) is 0 Å². The molecular formula is C7H14N2-. The molecule has 9 heavy (non-hydrogen) atoms. The third kappa shape index (κ3) is 2.33. The summed E-state index contributed by atoms with van der Waals surface area (Å²) in [6.45, 7) is 3.26. The molecule has 1 rings (SSSR count). The van der Waals surface area contributed by atoms with E-state index in [2.05, 4.69) is 17.7 Å². The molecule has 0 spiro atoms. The Morgan fingerprint density at radius 3 is 3.11 bits per heavy atom. The topological polar surface area (TPSA) is 26.1 Å². The molecule has 1 fully saturated rings. The van der Waals surface area contributed by atoms with Gasteiger partial charge in [-0.25, -0.2) is 0 Å². The maximum Gasteiger partial charge on any atom is -0.000878 e. The van der Waals surface area contributed by atoms with E-state index in [-0.39, 0.29) is 0 Å². The maximum atomic E-state index is 3.87. The summed E-state index contributed by atoms with van der Waals surface area (Å²) in [6, 6.07) is 0. The van der Waals surface area contributed by atoms with Crippen LogP contribution in [0.2, 0.25) is 0 Å². The van der Waals surface area contributed by atoms with Crippen LogP contribution in [0.4, 0.5) is 0 Å². The minimum atomic E-state index is 0.760. The molecule has 0 saturated carbocycles. The Bertz CT molecular complexity index is 64.6. The second kappa shape index (κ2) is 3.85. The zero-order chi connectivity index (χ0) is 6.53. The van der Waals surface area contributed by atoms with Gasteiger partial charge in [0.1, 0.15) is 0 Å². The van der Waals surface area contributed by atoms with Crippen molar-refractivity contribution in [2.24, 2.45) is 5.92 Å². The molecule has 0 unspecified atom stereocenters. The Kier molecular flexibility index (Phi) is 3.01. The lowest BCUT2D eigenvalue weighted by Crippen LogP contribution is -2.33. The van der Waals surface area contributed by atoms with E-state index in [1.54, 1.807) is 0 Å². The summed E-state index contributed by atoms with van der Waals surface area (Å²) in [4.78, 5) is 0. The summed E-state index contributed by atoms with van der Waals surface area (Å²) in [6.07, 6.45) is 2.63. The minimum absolute atomic E-state index is 0.760. The lowest BCUT2D eigenvalue weighted by molar-refractivity contribution is 0.370. The first-order valence-corrected chi connectivity index (χ1v) is 3.56. The van der Waals surface area contributed by atoms with E-state index in [9.17, 15) is 0 Å². The van der Waals surface area contributed by atoms with Gasteiger partial charge in [-0.1, -0.05) is 0 Å². The minimum Gasteiger partial charge on any atom is -0.424 e. The Balaban J connectivity index is 2.08. The van der Waals surface area contributed by atoms with Crippen LogP contribution in [0, 0.1) is 13.0 Å². The van der Waals surface area contributed by atoms with Gasteiger partial charge in [-0.05, 0) is 38.4 Å². The molecule has 0 aliphatic carbocycles. The first kappa shape index (κ1) is 7.03. The first-order chi connectivity index (χ1) is 4.43. The molecule has 1 atom stereocenters. The second-order valence-corrected chi connectivity index (χ2v) is 2.62. The fourth-order valence-corrected chi connectivity index (χ4v) is 1.26. The molecule has 2 heteroatoms. The van der Waals surface area contributed by atoms with Crippen LogP contribution in [0.3, 0.4) is 0 Å². The first-order valence-electron chi connectivity index (χ1n) is 3.56. The van der Waals surface area contributed by atoms with Gasteiger partial charge in [0.2, 0.25) is 0 Å². The predicted octanol–water partition coefficient (Wildman–Crippen LogP) is 0.382. The lowest BCUT2D eigenvalue weighted by atomic mass is 10.00. The van der Waals surface area contributed by atoms with Crippen LogP contribution >= 0.6 is 0 Å². The molecule has 0 bridgehead atoms. The van der Waals surface area contributed by atoms with Crippen molar-refractivity contribution < 1.29 is 0 Å². The van der Waals surface area contributed by atoms with Gasteiger partial charge >= 0.3 is 0 Å². The zero-order valence-corrected chi connectivity index (χ0v) is 5.77. The van der Waals surface area contributed by atoms with E-state index in [0.29, 0.717) is 0 Å². The van der Waals surface area contributed by atoms with Gasteiger partial charge in [-0.2, -0.15) is 0 Å². The van der Waals surface area contributed by atoms with Gasteiger partial charge in [-0.3, -0.25) is 7.05 Å². The predicted molar refractivity (Wildman–Crippen MR) is 38.0 cm³/mol. The highest BCUT2D eigenvalue weighted by atomic mass is 14.9. The Morgan fingerprint density at radius 2 is 2.56 bits per heavy atom. The van der Waals surface area contributed by atoms with E-state index in [1.807, 2.05) is 0 Å². The van der Waals surface area contributed by atoms with Crippen LogP contribution in [-0.2, 0) is 0 Å². The second-order valence-electron chi connectivity index (χ2n) is 2.62. The molecule has 1 N–H and O–H groups in total. The summed E-state index contributed by atoms with van der Waals surface area (Å²) in [5.74, 6) is 0.760. The highest BCUT2D eigenvalue weighted by Gasteiger charge is 2.09. The van der Waals surface area contributed by atoms with Crippen molar-refractivity contribution in [3.8, 4) is 0 Å². The van der Waals surface area contributed by atoms with Crippen molar-refractivity contribution in [2.75, 3.05) is 19.6 Å². The van der Waals surface area contributed by atoms with Crippen molar-refractivity contribution in [1.29, 1.82) is 0 Å². The third-order valence-electron chi connectivity index (χ3n) is 1.79. The highest BCUT2D eigenvalue weighted by molar-refractivity contribution is 4.70. The number of nitrogens with one attached hydrogen (secondary N) is 1. The molecule has 2 nitrogen and oxygen atoms in total. The van der Waals surface area contributed by atoms with Crippen LogP contribution in [0.1, 0.15) is 12.8 Å². The molecule has 53 valence electrons. The molecule has 1 aliphatic rings. The number of nitrogens with zero attached hydrogens (tertiary/aromatic N) is 1. The molecule has 1 radical (unpaired) electrons. The number of rotatable bonds is 2. The van der Waals surface area contributed by atoms with Gasteiger partial charge in [-0.15, -0.1) is 0 Å². The SMILES string of the molecule is [CH2-][N]C[C@@H]1CCCNC1. The van der Waals surface area contributed by atoms with Crippen molar-refractivity contribution >= 4 is 0 Å². The van der Waals surface area contributed by atoms with Crippen molar-refractivity contribution in [2.45, 2.75) is 12.8 Å². The van der Waals surface area contributed by atoms with Crippen molar-refractivity contribution in [1.82, 2.24) is 10.6 Å². The summed E-state index contributed by atoms with van der Waals surface area (Å²) in [5.41, 5.74) is 0. The normalized spacial score (nSPS) is 28.3. The Labute approximate surface area is 57.0 Å². The molecule has 1 heterocycles. The summed E-state index contributed by atoms with van der Waals surface area (Å²) < 4.78 is 0. The number of hydrogen-bond donors (Lipinski definition) is 1. The number of hydrogen-bond acceptors (Lipinski definition) is 1. The van der Waals surface area contributed by atoms with Crippen molar-refractivity contribution in [3.05, 3.63) is 7.05 Å². The highest BCUT2D eigenvalue weighted by Crippen LogP contribution is 2.07. The molecule has 0 aromatic carbocycles. The fourth-order valence-electron chi connectivity index (χ4n) is 1.26. The third-order valence-corrected chi connectivity index (χ3v) is 1.79. The van der Waals surface area contributed by atoms with Crippen LogP contribution < -0.4 is 10.6 Å². The molecule has 0 amide bonds. The Hall–Kier alpha value is -0.0800. The van der Waals surface area contributed by atoms with Gasteiger partial charge in [0.15, 0.2) is 0 Å². The molecule has 0 aromatic heterocycles. The average Bonchev–Trinajstić information content (AvgIpc) is 1.91. The standard InChI is InChI=1S/C7H14N2/c1-8-5-7-3-2-4-9-6-7/h7,9H,1-6H2/q-1/t7-/m0/s1. The zero-order valence-electron chi connectivity index (χ0n) is 5.77. The van der Waals surface area contributed by atoms with E-state index in [0.717, 1.165) is 19.0 Å². The van der Waals surface area contributed by atoms with Gasteiger partial charge in [0.05, 0.1) is 0 Å². The maximum absolute atomic E-state index is 3.87. The van der Waals surface area contributed by atoms with Crippen LogP contribution in [0.5, 0.6) is 0 Å². The largest absolute Gasteiger partial charge is 0.424 e. The van der Waals surface area contributed by atoms with Crippen LogP contribution in [0.25, 0.3) is 0 Å². The summed E-state index contributed by atoms with van der Waals surface area (Å²) in [5, 5.41) is 7.20. The molecule has 1 aliphatic heterocycles. The number of piperidine rings is 1. The smallest absolute Gasteiger partial charge is 0.000878 e. The fraction of sp³-hybridized carbons (Fsp3) is 0.857. The quantitative estimate of drug-likeness (QED) is 0.532. The van der Waals surface area contributed by atoms with Gasteiger partial charge in [0, 0.05) is 0 Å². The Morgan fingerprint density at radius 1 is 1.67 bits per heavy atom. The van der Waals surface area contributed by atoms with E-state index in [1.165, 1.54) is 19.4 Å². The van der Waals surface area contributed by atoms with Gasteiger partial charge < -0.3 is 10.6 Å². The summed E-state index contributed by atoms with van der Waals surface area (Å²) in [7, 11) is 3.48. The monoisotopic (exact) mass is 126 g/mol. The lowest BCUT2D eigenvalue weighted by Gasteiger charge is -2.22. The molecule has 1 saturated heterocycles. The summed E-state index contributed by atoms with van der Waals surface area (Å²) >= 11 is 0. The van der Waals surface area contributed by atoms with Crippen molar-refractivity contribution in [3.63, 3.8) is 0 Å². The van der Waals surface area contributed by atoms with E-state index >= 15 is 0 Å². The van der Waals surface area contributed by atoms with Crippen LogP contribution in [-0.4, -0.2) is 19.6 Å². The molecular weight excluding hydrogens is 112 g/mol. The average molecular weight is 126 g/mol. The van der Waals surface area contributed by atoms with E-state index < -0.39 is 0 Å². The molecule has 0 aromatic rings. The van der Waals surface area contributed by atoms with Gasteiger partial charge in [0.25, 0.3) is 0 Å². The van der Waals surface area contributed by atoms with Crippen LogP contribution in [0.15, 0.2) is 0 Å².